The second-order valence-electron chi connectivity index (χ2n) is 5.06. The third-order valence-electron chi connectivity index (χ3n) is 3.20. The van der Waals surface area contributed by atoms with Crippen LogP contribution < -0.4 is 4.80 Å². The number of aromatic nitrogens is 2. The van der Waals surface area contributed by atoms with Crippen molar-refractivity contribution in [3.05, 3.63) is 65.0 Å². The molecule has 0 fully saturated rings. The van der Waals surface area contributed by atoms with E-state index in [1.807, 2.05) is 18.2 Å². The molecular weight excluding hydrogens is 278 g/mol. The average molecular weight is 295 g/mol. The normalized spacial score (nSPS) is 12.0. The van der Waals surface area contributed by atoms with E-state index in [4.69, 9.17) is 4.99 Å². The Labute approximate surface area is 128 Å². The zero-order valence-corrected chi connectivity index (χ0v) is 12.9. The van der Waals surface area contributed by atoms with Crippen LogP contribution in [0.2, 0.25) is 0 Å². The summed E-state index contributed by atoms with van der Waals surface area (Å²) in [6, 6.07) is 14.7. The third-order valence-corrected chi connectivity index (χ3v) is 4.04. The van der Waals surface area contributed by atoms with Crippen molar-refractivity contribution in [3.8, 4) is 11.3 Å². The summed E-state index contributed by atoms with van der Waals surface area (Å²) in [6.07, 6.45) is 3.55. The van der Waals surface area contributed by atoms with Crippen molar-refractivity contribution < 1.29 is 0 Å². The molecule has 0 radical (unpaired) electrons. The molecule has 106 valence electrons. The van der Waals surface area contributed by atoms with E-state index in [1.165, 1.54) is 11.3 Å². The molecule has 0 saturated heterocycles. The van der Waals surface area contributed by atoms with Gasteiger partial charge in [-0.2, -0.15) is 0 Å². The minimum absolute atomic E-state index is 0.349. The number of thiazole rings is 1. The first kappa shape index (κ1) is 13.8. The Kier molecular flexibility index (Phi) is 3.97. The lowest BCUT2D eigenvalue weighted by Crippen LogP contribution is -2.17. The standard InChI is InChI=1S/C17H17N3S/c1-13(2)20-16(14-7-4-3-5-8-14)12-21-17(20)19-15-9-6-10-18-11-15/h3-13H,1-2H3. The molecule has 0 unspecified atom stereocenters. The maximum Gasteiger partial charge on any atom is 0.190 e. The fraction of sp³-hybridized carbons (Fsp3) is 0.176. The Bertz CT molecular complexity index is 771. The van der Waals surface area contributed by atoms with Crippen molar-refractivity contribution in [1.29, 1.82) is 0 Å². The highest BCUT2D eigenvalue weighted by molar-refractivity contribution is 7.07. The van der Waals surface area contributed by atoms with E-state index >= 15 is 0 Å². The number of nitrogens with zero attached hydrogens (tertiary/aromatic N) is 3. The van der Waals surface area contributed by atoms with Gasteiger partial charge in [-0.05, 0) is 31.5 Å². The van der Waals surface area contributed by atoms with Crippen LogP contribution in [0, 0.1) is 0 Å². The molecule has 21 heavy (non-hydrogen) atoms. The summed E-state index contributed by atoms with van der Waals surface area (Å²) < 4.78 is 2.27. The number of hydrogen-bond acceptors (Lipinski definition) is 3. The van der Waals surface area contributed by atoms with Crippen molar-refractivity contribution in [2.75, 3.05) is 0 Å². The molecule has 0 aliphatic heterocycles. The Balaban J connectivity index is 2.16. The molecule has 3 rings (SSSR count). The van der Waals surface area contributed by atoms with Crippen LogP contribution in [0.3, 0.4) is 0 Å². The second-order valence-corrected chi connectivity index (χ2v) is 5.89. The highest BCUT2D eigenvalue weighted by Crippen LogP contribution is 2.23. The van der Waals surface area contributed by atoms with Gasteiger partial charge in [-0.15, -0.1) is 11.3 Å². The van der Waals surface area contributed by atoms with Crippen molar-refractivity contribution in [1.82, 2.24) is 9.55 Å². The Morgan fingerprint density at radius 1 is 1.10 bits per heavy atom. The summed E-state index contributed by atoms with van der Waals surface area (Å²) in [5, 5.41) is 2.17. The lowest BCUT2D eigenvalue weighted by Gasteiger charge is -2.12. The predicted molar refractivity (Wildman–Crippen MR) is 87.6 cm³/mol. The summed E-state index contributed by atoms with van der Waals surface area (Å²) in [5.74, 6) is 0. The Hall–Kier alpha value is -2.20. The molecule has 0 N–H and O–H groups in total. The summed E-state index contributed by atoms with van der Waals surface area (Å²) in [4.78, 5) is 9.85. The van der Waals surface area contributed by atoms with E-state index in [9.17, 15) is 0 Å². The molecule has 0 amide bonds. The van der Waals surface area contributed by atoms with Crippen LogP contribution in [0.5, 0.6) is 0 Å². The van der Waals surface area contributed by atoms with Crippen LogP contribution in [0.25, 0.3) is 11.3 Å². The molecule has 2 aromatic heterocycles. The lowest BCUT2D eigenvalue weighted by atomic mass is 10.1. The van der Waals surface area contributed by atoms with Gasteiger partial charge in [0.1, 0.15) is 0 Å². The molecule has 3 aromatic rings. The smallest absolute Gasteiger partial charge is 0.190 e. The van der Waals surface area contributed by atoms with Gasteiger partial charge < -0.3 is 4.57 Å². The van der Waals surface area contributed by atoms with Crippen molar-refractivity contribution in [2.45, 2.75) is 19.9 Å². The third kappa shape index (κ3) is 2.95. The summed E-state index contributed by atoms with van der Waals surface area (Å²) in [7, 11) is 0. The van der Waals surface area contributed by atoms with Gasteiger partial charge in [0.15, 0.2) is 4.80 Å². The van der Waals surface area contributed by atoms with Crippen LogP contribution in [0.15, 0.2) is 65.2 Å². The van der Waals surface area contributed by atoms with Crippen LogP contribution in [0.1, 0.15) is 19.9 Å². The molecule has 4 heteroatoms. The maximum absolute atomic E-state index is 4.73. The van der Waals surface area contributed by atoms with Crippen LogP contribution in [-0.2, 0) is 0 Å². The zero-order valence-electron chi connectivity index (χ0n) is 12.1. The van der Waals surface area contributed by atoms with E-state index in [0.717, 1.165) is 10.5 Å². The number of rotatable bonds is 3. The van der Waals surface area contributed by atoms with Gasteiger partial charge >= 0.3 is 0 Å². The first-order valence-electron chi connectivity index (χ1n) is 6.96. The molecule has 3 nitrogen and oxygen atoms in total. The fourth-order valence-corrected chi connectivity index (χ4v) is 3.30. The monoisotopic (exact) mass is 295 g/mol. The van der Waals surface area contributed by atoms with Gasteiger partial charge in [0.2, 0.25) is 0 Å². The first-order valence-corrected chi connectivity index (χ1v) is 7.84. The largest absolute Gasteiger partial charge is 0.314 e. The quantitative estimate of drug-likeness (QED) is 0.703. The maximum atomic E-state index is 4.73. The molecule has 0 saturated carbocycles. The zero-order chi connectivity index (χ0) is 14.7. The Morgan fingerprint density at radius 2 is 1.90 bits per heavy atom. The van der Waals surface area contributed by atoms with E-state index in [1.54, 1.807) is 23.7 Å². The number of pyridine rings is 1. The highest BCUT2D eigenvalue weighted by Gasteiger charge is 2.10. The Morgan fingerprint density at radius 3 is 2.57 bits per heavy atom. The van der Waals surface area contributed by atoms with Gasteiger partial charge in [0.05, 0.1) is 17.6 Å². The van der Waals surface area contributed by atoms with Crippen LogP contribution >= 0.6 is 11.3 Å². The van der Waals surface area contributed by atoms with Crippen LogP contribution in [0.4, 0.5) is 5.69 Å². The van der Waals surface area contributed by atoms with E-state index in [-0.39, 0.29) is 0 Å². The summed E-state index contributed by atoms with van der Waals surface area (Å²) in [6.45, 7) is 4.36. The first-order chi connectivity index (χ1) is 10.3. The highest BCUT2D eigenvalue weighted by atomic mass is 32.1. The van der Waals surface area contributed by atoms with Gasteiger partial charge in [-0.3, -0.25) is 4.98 Å². The van der Waals surface area contributed by atoms with Crippen molar-refractivity contribution in [2.24, 2.45) is 4.99 Å². The van der Waals surface area contributed by atoms with Gasteiger partial charge in [-0.1, -0.05) is 30.3 Å². The molecule has 0 atom stereocenters. The molecular formula is C17H17N3S. The second kappa shape index (κ2) is 6.06. The van der Waals surface area contributed by atoms with Crippen molar-refractivity contribution in [3.63, 3.8) is 0 Å². The minimum Gasteiger partial charge on any atom is -0.314 e. The number of benzene rings is 1. The van der Waals surface area contributed by atoms with E-state index in [2.05, 4.69) is 53.0 Å². The van der Waals surface area contributed by atoms with Gasteiger partial charge in [0, 0.05) is 17.6 Å². The molecule has 0 aliphatic carbocycles. The molecule has 0 spiro atoms. The number of hydrogen-bond donors (Lipinski definition) is 0. The minimum atomic E-state index is 0.349. The summed E-state index contributed by atoms with van der Waals surface area (Å²) >= 11 is 1.66. The molecule has 1 aromatic carbocycles. The molecule has 2 heterocycles. The van der Waals surface area contributed by atoms with Crippen molar-refractivity contribution >= 4 is 17.0 Å². The van der Waals surface area contributed by atoms with E-state index < -0.39 is 0 Å². The SMILES string of the molecule is CC(C)n1c(-c2ccccc2)csc1=Nc1cccnc1. The van der Waals surface area contributed by atoms with Crippen LogP contribution in [-0.4, -0.2) is 9.55 Å². The summed E-state index contributed by atoms with van der Waals surface area (Å²) in [5.41, 5.74) is 3.31. The topological polar surface area (TPSA) is 30.2 Å². The van der Waals surface area contributed by atoms with E-state index in [0.29, 0.717) is 6.04 Å². The van der Waals surface area contributed by atoms with Gasteiger partial charge in [0.25, 0.3) is 0 Å². The van der Waals surface area contributed by atoms with Gasteiger partial charge in [-0.25, -0.2) is 4.99 Å². The molecule has 0 aliphatic rings. The lowest BCUT2D eigenvalue weighted by molar-refractivity contribution is 0.591. The molecule has 0 bridgehead atoms. The predicted octanol–water partition coefficient (Wildman–Crippen LogP) is 4.42. The average Bonchev–Trinajstić information content (AvgIpc) is 2.93. The fourth-order valence-electron chi connectivity index (χ4n) is 2.25.